The summed E-state index contributed by atoms with van der Waals surface area (Å²) in [4.78, 5) is 11.8. The fourth-order valence-electron chi connectivity index (χ4n) is 2.12. The summed E-state index contributed by atoms with van der Waals surface area (Å²) < 4.78 is 12.7. The lowest BCUT2D eigenvalue weighted by Gasteiger charge is -2.19. The zero-order chi connectivity index (χ0) is 13.0. The lowest BCUT2D eigenvalue weighted by molar-refractivity contribution is 0.0954. The molecule has 0 aliphatic heterocycles. The first-order valence-corrected chi connectivity index (χ1v) is 6.29. The molecule has 1 amide bonds. The van der Waals surface area contributed by atoms with E-state index in [4.69, 9.17) is 0 Å². The summed E-state index contributed by atoms with van der Waals surface area (Å²) >= 11 is 0. The molecule has 0 saturated heterocycles. The molecule has 1 saturated carbocycles. The monoisotopic (exact) mass is 248 g/mol. The minimum atomic E-state index is -0.348. The molecule has 1 fully saturated rings. The van der Waals surface area contributed by atoms with E-state index in [-0.39, 0.29) is 11.7 Å². The van der Waals surface area contributed by atoms with Crippen LogP contribution in [0.15, 0.2) is 29.4 Å². The standard InChI is InChI=1S/C14H17FN2O/c1-10-4-2-3-5-13(10)16-17-14(18)11-6-8-12(15)9-7-11/h6-10H,2-5H2,1H3,(H,17,18)/b16-13+. The number of rotatable bonds is 2. The molecule has 18 heavy (non-hydrogen) atoms. The number of hydrazone groups is 1. The molecular weight excluding hydrogens is 231 g/mol. The van der Waals surface area contributed by atoms with Crippen LogP contribution < -0.4 is 5.43 Å². The van der Waals surface area contributed by atoms with Gasteiger partial charge in [0.1, 0.15) is 5.82 Å². The zero-order valence-corrected chi connectivity index (χ0v) is 10.4. The SMILES string of the molecule is CC1CCCC/C1=N\NC(=O)c1ccc(F)cc1. The van der Waals surface area contributed by atoms with Crippen LogP contribution in [0, 0.1) is 11.7 Å². The molecule has 1 unspecified atom stereocenters. The van der Waals surface area contributed by atoms with Crippen molar-refractivity contribution in [2.24, 2.45) is 11.0 Å². The summed E-state index contributed by atoms with van der Waals surface area (Å²) in [6.45, 7) is 2.13. The average molecular weight is 248 g/mol. The number of nitrogens with one attached hydrogen (secondary N) is 1. The van der Waals surface area contributed by atoms with E-state index in [9.17, 15) is 9.18 Å². The van der Waals surface area contributed by atoms with E-state index in [2.05, 4.69) is 17.5 Å². The number of carbonyl (C=O) groups excluding carboxylic acids is 1. The predicted molar refractivity (Wildman–Crippen MR) is 68.9 cm³/mol. The summed E-state index contributed by atoms with van der Waals surface area (Å²) in [5.41, 5.74) is 4.02. The van der Waals surface area contributed by atoms with E-state index in [0.29, 0.717) is 11.5 Å². The number of benzene rings is 1. The minimum absolute atomic E-state index is 0.291. The van der Waals surface area contributed by atoms with Crippen molar-refractivity contribution in [2.45, 2.75) is 32.6 Å². The van der Waals surface area contributed by atoms with Gasteiger partial charge in [0, 0.05) is 11.3 Å². The van der Waals surface area contributed by atoms with Crippen LogP contribution in [-0.2, 0) is 0 Å². The molecule has 0 heterocycles. The predicted octanol–water partition coefficient (Wildman–Crippen LogP) is 3.12. The Morgan fingerprint density at radius 3 is 2.72 bits per heavy atom. The van der Waals surface area contributed by atoms with Gasteiger partial charge in [0.2, 0.25) is 0 Å². The molecule has 1 aromatic rings. The first kappa shape index (κ1) is 12.7. The van der Waals surface area contributed by atoms with Gasteiger partial charge in [-0.1, -0.05) is 13.3 Å². The highest BCUT2D eigenvalue weighted by molar-refractivity contribution is 5.95. The number of carbonyl (C=O) groups is 1. The molecule has 1 atom stereocenters. The number of amides is 1. The Balaban J connectivity index is 1.99. The highest BCUT2D eigenvalue weighted by atomic mass is 19.1. The second-order valence-electron chi connectivity index (χ2n) is 4.70. The van der Waals surface area contributed by atoms with Crippen LogP contribution in [0.1, 0.15) is 43.0 Å². The van der Waals surface area contributed by atoms with Crippen molar-refractivity contribution in [3.63, 3.8) is 0 Å². The molecule has 96 valence electrons. The molecule has 0 aromatic heterocycles. The fraction of sp³-hybridized carbons (Fsp3) is 0.429. The maximum absolute atomic E-state index is 12.7. The third kappa shape index (κ3) is 3.15. The first-order chi connectivity index (χ1) is 8.66. The Kier molecular flexibility index (Phi) is 4.07. The average Bonchev–Trinajstić information content (AvgIpc) is 2.38. The van der Waals surface area contributed by atoms with Gasteiger partial charge in [-0.15, -0.1) is 0 Å². The molecule has 4 heteroatoms. The van der Waals surface area contributed by atoms with Crippen molar-refractivity contribution in [2.75, 3.05) is 0 Å². The van der Waals surface area contributed by atoms with Crippen LogP contribution in [0.3, 0.4) is 0 Å². The summed E-state index contributed by atoms with van der Waals surface area (Å²) in [7, 11) is 0. The second-order valence-corrected chi connectivity index (χ2v) is 4.70. The molecule has 3 nitrogen and oxygen atoms in total. The number of halogens is 1. The maximum Gasteiger partial charge on any atom is 0.271 e. The number of hydrogen-bond donors (Lipinski definition) is 1. The van der Waals surface area contributed by atoms with Crippen LogP contribution >= 0.6 is 0 Å². The summed E-state index contributed by atoms with van der Waals surface area (Å²) in [5.74, 6) is -0.202. The van der Waals surface area contributed by atoms with Gasteiger partial charge >= 0.3 is 0 Å². The second kappa shape index (κ2) is 5.76. The smallest absolute Gasteiger partial charge is 0.267 e. The van der Waals surface area contributed by atoms with Gasteiger partial charge in [-0.05, 0) is 49.4 Å². The zero-order valence-electron chi connectivity index (χ0n) is 10.4. The molecular formula is C14H17FN2O. The van der Waals surface area contributed by atoms with E-state index in [1.807, 2.05) is 0 Å². The van der Waals surface area contributed by atoms with Crippen molar-refractivity contribution in [1.29, 1.82) is 0 Å². The van der Waals surface area contributed by atoms with Crippen molar-refractivity contribution in [3.8, 4) is 0 Å². The van der Waals surface area contributed by atoms with Crippen LogP contribution in [0.2, 0.25) is 0 Å². The van der Waals surface area contributed by atoms with Gasteiger partial charge in [0.25, 0.3) is 5.91 Å². The Hall–Kier alpha value is -1.71. The number of nitrogens with zero attached hydrogens (tertiary/aromatic N) is 1. The first-order valence-electron chi connectivity index (χ1n) is 6.29. The van der Waals surface area contributed by atoms with Crippen LogP contribution in [0.25, 0.3) is 0 Å². The Labute approximate surface area is 106 Å². The largest absolute Gasteiger partial charge is 0.271 e. The molecule has 1 N–H and O–H groups in total. The minimum Gasteiger partial charge on any atom is -0.267 e. The molecule has 1 aliphatic rings. The van der Waals surface area contributed by atoms with Gasteiger partial charge in [0.05, 0.1) is 0 Å². The molecule has 0 bridgehead atoms. The van der Waals surface area contributed by atoms with Crippen LogP contribution in [0.4, 0.5) is 4.39 Å². The lowest BCUT2D eigenvalue weighted by Crippen LogP contribution is -2.24. The summed E-state index contributed by atoms with van der Waals surface area (Å²) in [5, 5.41) is 4.19. The maximum atomic E-state index is 12.7. The van der Waals surface area contributed by atoms with E-state index in [0.717, 1.165) is 25.0 Å². The van der Waals surface area contributed by atoms with E-state index >= 15 is 0 Å². The third-order valence-electron chi connectivity index (χ3n) is 3.30. The van der Waals surface area contributed by atoms with Crippen molar-refractivity contribution in [1.82, 2.24) is 5.43 Å². The molecule has 1 aliphatic carbocycles. The van der Waals surface area contributed by atoms with Crippen LogP contribution in [0.5, 0.6) is 0 Å². The highest BCUT2D eigenvalue weighted by Gasteiger charge is 2.16. The molecule has 2 rings (SSSR count). The normalized spacial score (nSPS) is 21.9. The fourth-order valence-corrected chi connectivity index (χ4v) is 2.12. The molecule has 0 spiro atoms. The quantitative estimate of drug-likeness (QED) is 0.803. The van der Waals surface area contributed by atoms with Gasteiger partial charge in [0.15, 0.2) is 0 Å². The summed E-state index contributed by atoms with van der Waals surface area (Å²) in [6, 6.07) is 5.45. The Morgan fingerprint density at radius 1 is 1.33 bits per heavy atom. The van der Waals surface area contributed by atoms with Crippen molar-refractivity contribution in [3.05, 3.63) is 35.6 Å². The van der Waals surface area contributed by atoms with Gasteiger partial charge in [-0.25, -0.2) is 9.82 Å². The van der Waals surface area contributed by atoms with Gasteiger partial charge in [-0.2, -0.15) is 5.10 Å². The van der Waals surface area contributed by atoms with Crippen LogP contribution in [-0.4, -0.2) is 11.6 Å². The van der Waals surface area contributed by atoms with Gasteiger partial charge < -0.3 is 0 Å². The lowest BCUT2D eigenvalue weighted by atomic mass is 9.89. The van der Waals surface area contributed by atoms with E-state index < -0.39 is 0 Å². The number of hydrogen-bond acceptors (Lipinski definition) is 2. The topological polar surface area (TPSA) is 41.5 Å². The Morgan fingerprint density at radius 2 is 2.06 bits per heavy atom. The van der Waals surface area contributed by atoms with Crippen molar-refractivity contribution < 1.29 is 9.18 Å². The summed E-state index contributed by atoms with van der Waals surface area (Å²) in [6.07, 6.45) is 4.44. The third-order valence-corrected chi connectivity index (χ3v) is 3.30. The molecule has 0 radical (unpaired) electrons. The Bertz CT molecular complexity index is 453. The van der Waals surface area contributed by atoms with Gasteiger partial charge in [-0.3, -0.25) is 4.79 Å². The van der Waals surface area contributed by atoms with E-state index in [1.165, 1.54) is 30.7 Å². The van der Waals surface area contributed by atoms with E-state index in [1.54, 1.807) is 0 Å². The highest BCUT2D eigenvalue weighted by Crippen LogP contribution is 2.20. The molecule has 1 aromatic carbocycles. The van der Waals surface area contributed by atoms with Crippen molar-refractivity contribution >= 4 is 11.6 Å².